The number of anilines is 2. The minimum absolute atomic E-state index is 0.0608. The smallest absolute Gasteiger partial charge is 0.221 e. The minimum atomic E-state index is -0.0608. The fraction of sp³-hybridized carbons (Fsp3) is 0.286. The molecule has 1 unspecified atom stereocenters. The second-order valence-electron chi connectivity index (χ2n) is 4.57. The van der Waals surface area contributed by atoms with Gasteiger partial charge in [0.15, 0.2) is 0 Å². The van der Waals surface area contributed by atoms with E-state index in [1.54, 1.807) is 10.9 Å². The maximum atomic E-state index is 10.9. The minimum Gasteiger partial charge on any atom is -0.376 e. The molecule has 1 amide bonds. The predicted octanol–water partition coefficient (Wildman–Crippen LogP) is 2.55. The van der Waals surface area contributed by atoms with Crippen molar-refractivity contribution >= 4 is 17.3 Å². The Morgan fingerprint density at radius 1 is 1.26 bits per heavy atom. The van der Waals surface area contributed by atoms with Crippen molar-refractivity contribution in [3.05, 3.63) is 42.2 Å². The first kappa shape index (κ1) is 13.1. The van der Waals surface area contributed by atoms with E-state index in [9.17, 15) is 4.79 Å². The van der Waals surface area contributed by atoms with Crippen molar-refractivity contribution in [3.8, 4) is 0 Å². The van der Waals surface area contributed by atoms with Gasteiger partial charge >= 0.3 is 0 Å². The van der Waals surface area contributed by atoms with Crippen molar-refractivity contribution in [2.24, 2.45) is 7.05 Å². The summed E-state index contributed by atoms with van der Waals surface area (Å²) in [5.74, 6) is -0.0608. The van der Waals surface area contributed by atoms with Crippen LogP contribution in [0.2, 0.25) is 0 Å². The Morgan fingerprint density at radius 3 is 2.47 bits per heavy atom. The molecule has 0 bridgehead atoms. The Hall–Kier alpha value is -2.30. The molecule has 1 aromatic heterocycles. The van der Waals surface area contributed by atoms with Crippen LogP contribution in [0.25, 0.3) is 0 Å². The molecule has 1 aromatic carbocycles. The molecule has 2 rings (SSSR count). The summed E-state index contributed by atoms with van der Waals surface area (Å²) in [6, 6.07) is 7.98. The van der Waals surface area contributed by atoms with Gasteiger partial charge in [-0.25, -0.2) is 0 Å². The molecule has 5 heteroatoms. The van der Waals surface area contributed by atoms with E-state index in [1.165, 1.54) is 6.92 Å². The van der Waals surface area contributed by atoms with Crippen LogP contribution in [0.1, 0.15) is 25.5 Å². The maximum Gasteiger partial charge on any atom is 0.221 e. The van der Waals surface area contributed by atoms with Crippen molar-refractivity contribution in [2.45, 2.75) is 19.9 Å². The summed E-state index contributed by atoms with van der Waals surface area (Å²) >= 11 is 0. The number of rotatable bonds is 4. The lowest BCUT2D eigenvalue weighted by Gasteiger charge is -2.14. The average Bonchev–Trinajstić information content (AvgIpc) is 2.75. The number of carbonyl (C=O) groups excluding carboxylic acids is 1. The molecular formula is C14H18N4O. The first-order valence-corrected chi connectivity index (χ1v) is 6.17. The van der Waals surface area contributed by atoms with Crippen LogP contribution in [0.3, 0.4) is 0 Å². The molecule has 1 atom stereocenters. The first-order valence-electron chi connectivity index (χ1n) is 6.17. The van der Waals surface area contributed by atoms with Crippen LogP contribution in [0.5, 0.6) is 0 Å². The number of nitrogens with one attached hydrogen (secondary N) is 2. The zero-order valence-electron chi connectivity index (χ0n) is 11.3. The number of hydrogen-bond donors (Lipinski definition) is 2. The zero-order chi connectivity index (χ0) is 13.8. The van der Waals surface area contributed by atoms with Gasteiger partial charge in [0.05, 0.1) is 11.9 Å². The zero-order valence-corrected chi connectivity index (χ0v) is 11.3. The Balaban J connectivity index is 2.02. The average molecular weight is 258 g/mol. The quantitative estimate of drug-likeness (QED) is 0.886. The number of hydrogen-bond acceptors (Lipinski definition) is 3. The van der Waals surface area contributed by atoms with Gasteiger partial charge in [-0.1, -0.05) is 12.1 Å². The molecule has 1 heterocycles. The van der Waals surface area contributed by atoms with Crippen molar-refractivity contribution in [3.63, 3.8) is 0 Å². The van der Waals surface area contributed by atoms with Crippen molar-refractivity contribution in [1.82, 2.24) is 9.78 Å². The van der Waals surface area contributed by atoms with E-state index in [-0.39, 0.29) is 11.9 Å². The normalized spacial score (nSPS) is 11.9. The summed E-state index contributed by atoms with van der Waals surface area (Å²) in [4.78, 5) is 10.9. The Bertz CT molecular complexity index is 559. The lowest BCUT2D eigenvalue weighted by molar-refractivity contribution is -0.114. The summed E-state index contributed by atoms with van der Waals surface area (Å²) < 4.78 is 1.76. The highest BCUT2D eigenvalue weighted by Crippen LogP contribution is 2.20. The summed E-state index contributed by atoms with van der Waals surface area (Å²) in [5.41, 5.74) is 2.95. The molecule has 100 valence electrons. The number of benzene rings is 1. The molecule has 0 spiro atoms. The maximum absolute atomic E-state index is 10.9. The SMILES string of the molecule is CC(=O)Nc1ccc(C(C)Nc2cnn(C)c2)cc1. The Labute approximate surface area is 112 Å². The molecule has 0 saturated heterocycles. The van der Waals surface area contributed by atoms with Crippen LogP contribution in [-0.4, -0.2) is 15.7 Å². The Morgan fingerprint density at radius 2 is 1.95 bits per heavy atom. The number of amides is 1. The lowest BCUT2D eigenvalue weighted by Crippen LogP contribution is -2.08. The van der Waals surface area contributed by atoms with Gasteiger partial charge in [-0.3, -0.25) is 9.48 Å². The predicted molar refractivity (Wildman–Crippen MR) is 76.0 cm³/mol. The van der Waals surface area contributed by atoms with E-state index < -0.39 is 0 Å². The van der Waals surface area contributed by atoms with Crippen LogP contribution < -0.4 is 10.6 Å². The van der Waals surface area contributed by atoms with Gasteiger partial charge in [0.25, 0.3) is 0 Å². The molecule has 0 fully saturated rings. The highest BCUT2D eigenvalue weighted by atomic mass is 16.1. The largest absolute Gasteiger partial charge is 0.376 e. The molecule has 5 nitrogen and oxygen atoms in total. The van der Waals surface area contributed by atoms with Gasteiger partial charge in [-0.05, 0) is 24.6 Å². The van der Waals surface area contributed by atoms with Gasteiger partial charge in [0.2, 0.25) is 5.91 Å². The molecule has 2 N–H and O–H groups in total. The van der Waals surface area contributed by atoms with E-state index >= 15 is 0 Å². The summed E-state index contributed by atoms with van der Waals surface area (Å²) in [7, 11) is 1.89. The third kappa shape index (κ3) is 3.58. The summed E-state index contributed by atoms with van der Waals surface area (Å²) in [6.07, 6.45) is 3.73. The molecule has 0 aliphatic rings. The monoisotopic (exact) mass is 258 g/mol. The highest BCUT2D eigenvalue weighted by molar-refractivity contribution is 5.88. The number of aryl methyl sites for hydroxylation is 1. The third-order valence-corrected chi connectivity index (χ3v) is 2.82. The lowest BCUT2D eigenvalue weighted by atomic mass is 10.1. The van der Waals surface area contributed by atoms with Gasteiger partial charge in [-0.15, -0.1) is 0 Å². The van der Waals surface area contributed by atoms with Gasteiger partial charge < -0.3 is 10.6 Å². The van der Waals surface area contributed by atoms with Gasteiger partial charge in [0.1, 0.15) is 0 Å². The van der Waals surface area contributed by atoms with Crippen molar-refractivity contribution in [1.29, 1.82) is 0 Å². The molecule has 0 aliphatic carbocycles. The van der Waals surface area contributed by atoms with Crippen LogP contribution in [0, 0.1) is 0 Å². The van der Waals surface area contributed by atoms with Crippen molar-refractivity contribution in [2.75, 3.05) is 10.6 Å². The molecule has 0 aliphatic heterocycles. The second kappa shape index (κ2) is 5.56. The van der Waals surface area contributed by atoms with Gasteiger partial charge in [0, 0.05) is 31.9 Å². The van der Waals surface area contributed by atoms with E-state index in [1.807, 2.05) is 37.5 Å². The van der Waals surface area contributed by atoms with Gasteiger partial charge in [-0.2, -0.15) is 5.10 Å². The summed E-state index contributed by atoms with van der Waals surface area (Å²) in [6.45, 7) is 3.58. The van der Waals surface area contributed by atoms with Crippen LogP contribution in [0.15, 0.2) is 36.7 Å². The molecule has 0 saturated carbocycles. The highest BCUT2D eigenvalue weighted by Gasteiger charge is 2.06. The fourth-order valence-electron chi connectivity index (χ4n) is 1.89. The number of aromatic nitrogens is 2. The number of nitrogens with zero attached hydrogens (tertiary/aromatic N) is 2. The molecule has 0 radical (unpaired) electrons. The van der Waals surface area contributed by atoms with Crippen LogP contribution in [0.4, 0.5) is 11.4 Å². The standard InChI is InChI=1S/C14H18N4O/c1-10(16-14-8-15-18(3)9-14)12-4-6-13(7-5-12)17-11(2)19/h4-10,16H,1-3H3,(H,17,19). The fourth-order valence-corrected chi connectivity index (χ4v) is 1.89. The Kier molecular flexibility index (Phi) is 3.85. The van der Waals surface area contributed by atoms with E-state index in [0.717, 1.165) is 16.9 Å². The summed E-state index contributed by atoms with van der Waals surface area (Å²) in [5, 5.41) is 10.2. The molecule has 19 heavy (non-hydrogen) atoms. The molecule has 2 aromatic rings. The van der Waals surface area contributed by atoms with E-state index in [0.29, 0.717) is 0 Å². The molecular weight excluding hydrogens is 240 g/mol. The topological polar surface area (TPSA) is 59.0 Å². The second-order valence-corrected chi connectivity index (χ2v) is 4.57. The first-order chi connectivity index (χ1) is 9.04. The van der Waals surface area contributed by atoms with E-state index in [2.05, 4.69) is 22.7 Å². The van der Waals surface area contributed by atoms with Crippen LogP contribution in [-0.2, 0) is 11.8 Å². The number of carbonyl (C=O) groups is 1. The van der Waals surface area contributed by atoms with Crippen LogP contribution >= 0.6 is 0 Å². The van der Waals surface area contributed by atoms with E-state index in [4.69, 9.17) is 0 Å². The van der Waals surface area contributed by atoms with Crippen molar-refractivity contribution < 1.29 is 4.79 Å². The third-order valence-electron chi connectivity index (χ3n) is 2.82.